The normalized spacial score (nSPS) is 17.7. The number of hydrogen-bond donors (Lipinski definition) is 3. The van der Waals surface area contributed by atoms with E-state index in [2.05, 4.69) is 15.4 Å². The summed E-state index contributed by atoms with van der Waals surface area (Å²) in [5.74, 6) is -2.96. The maximum absolute atomic E-state index is 15.2. The molecule has 2 aliphatic heterocycles. The minimum absolute atomic E-state index is 0.00265. The zero-order valence-corrected chi connectivity index (χ0v) is 17.8. The van der Waals surface area contributed by atoms with Crippen molar-refractivity contribution < 1.29 is 26.4 Å². The Balaban J connectivity index is 1.71. The Labute approximate surface area is 181 Å². The Hall–Kier alpha value is -3.11. The van der Waals surface area contributed by atoms with Crippen LogP contribution in [0.25, 0.3) is 0 Å². The summed E-state index contributed by atoms with van der Waals surface area (Å²) in [5.41, 5.74) is -1.05. The second kappa shape index (κ2) is 7.54. The zero-order valence-electron chi connectivity index (χ0n) is 16.2. The number of Topliss-reactive ketones (excluding diaryl/α,β-unsaturated/α-hetero) is 1. The Morgan fingerprint density at radius 3 is 2.58 bits per heavy atom. The molecule has 1 unspecified atom stereocenters. The summed E-state index contributed by atoms with van der Waals surface area (Å²) in [5, 5.41) is 6.08. The van der Waals surface area contributed by atoms with Crippen LogP contribution in [-0.4, -0.2) is 20.4 Å². The van der Waals surface area contributed by atoms with Crippen LogP contribution in [-0.2, 0) is 10.0 Å². The standard InChI is InChI=1S/C20H16ClF2N3O4S/c1-9-5-16(10(2)30-9)31(28,29)26-15-4-3-14(22)17(18(15)23)19(27)13-8-25-20-12(13)6-11(21)7-24-20/h3-8,20,24-26H,1-2H3. The molecule has 4 rings (SSSR count). The van der Waals surface area contributed by atoms with Crippen molar-refractivity contribution in [3.8, 4) is 0 Å². The van der Waals surface area contributed by atoms with Gasteiger partial charge in [-0.25, -0.2) is 17.2 Å². The van der Waals surface area contributed by atoms with Gasteiger partial charge in [-0.3, -0.25) is 9.52 Å². The van der Waals surface area contributed by atoms with E-state index < -0.39 is 44.9 Å². The van der Waals surface area contributed by atoms with E-state index in [0.717, 1.165) is 12.1 Å². The summed E-state index contributed by atoms with van der Waals surface area (Å²) >= 11 is 5.96. The number of anilines is 1. The van der Waals surface area contributed by atoms with Crippen molar-refractivity contribution in [3.05, 3.63) is 81.6 Å². The SMILES string of the molecule is Cc1cc(S(=O)(=O)Nc2ccc(F)c(C(=O)C3=CNC4NC=C(Cl)C=C34)c2F)c(C)o1. The number of dihydropyridines is 1. The molecule has 162 valence electrons. The van der Waals surface area contributed by atoms with Crippen LogP contribution in [0.2, 0.25) is 0 Å². The zero-order chi connectivity index (χ0) is 22.5. The summed E-state index contributed by atoms with van der Waals surface area (Å²) in [6.45, 7) is 3.01. The molecule has 0 saturated carbocycles. The first-order valence-electron chi connectivity index (χ1n) is 9.01. The average Bonchev–Trinajstić information content (AvgIpc) is 3.26. The molecule has 0 radical (unpaired) electrons. The van der Waals surface area contributed by atoms with Crippen molar-refractivity contribution >= 4 is 33.1 Å². The molecule has 0 fully saturated rings. The maximum Gasteiger partial charge on any atom is 0.265 e. The molecule has 1 atom stereocenters. The number of aryl methyl sites for hydroxylation is 2. The first-order valence-corrected chi connectivity index (χ1v) is 10.9. The lowest BCUT2D eigenvalue weighted by molar-refractivity contribution is 0.102. The molecular weight excluding hydrogens is 452 g/mol. The number of halogens is 3. The fourth-order valence-corrected chi connectivity index (χ4v) is 4.87. The predicted molar refractivity (Wildman–Crippen MR) is 110 cm³/mol. The number of fused-ring (bicyclic) bond motifs is 1. The molecule has 0 spiro atoms. The van der Waals surface area contributed by atoms with Gasteiger partial charge in [0.05, 0.1) is 16.3 Å². The lowest BCUT2D eigenvalue weighted by Gasteiger charge is -2.19. The van der Waals surface area contributed by atoms with Crippen molar-refractivity contribution in [2.75, 3.05) is 4.72 Å². The van der Waals surface area contributed by atoms with Crippen LogP contribution in [0.1, 0.15) is 21.9 Å². The van der Waals surface area contributed by atoms with E-state index in [4.69, 9.17) is 16.0 Å². The number of hydrogen-bond acceptors (Lipinski definition) is 6. The highest BCUT2D eigenvalue weighted by atomic mass is 35.5. The topological polar surface area (TPSA) is 100 Å². The molecule has 3 heterocycles. The van der Waals surface area contributed by atoms with E-state index in [9.17, 15) is 17.6 Å². The minimum atomic E-state index is -4.24. The van der Waals surface area contributed by atoms with Gasteiger partial charge in [0.2, 0.25) is 5.78 Å². The van der Waals surface area contributed by atoms with E-state index in [0.29, 0.717) is 16.4 Å². The van der Waals surface area contributed by atoms with E-state index in [1.165, 1.54) is 31.5 Å². The lowest BCUT2D eigenvalue weighted by atomic mass is 9.95. The molecule has 7 nitrogen and oxygen atoms in total. The van der Waals surface area contributed by atoms with Crippen LogP contribution >= 0.6 is 11.6 Å². The minimum Gasteiger partial charge on any atom is -0.465 e. The van der Waals surface area contributed by atoms with Gasteiger partial charge in [0.15, 0.2) is 5.82 Å². The highest BCUT2D eigenvalue weighted by Crippen LogP contribution is 2.32. The van der Waals surface area contributed by atoms with Gasteiger partial charge >= 0.3 is 0 Å². The van der Waals surface area contributed by atoms with Crippen molar-refractivity contribution in [1.29, 1.82) is 0 Å². The van der Waals surface area contributed by atoms with Crippen molar-refractivity contribution in [2.24, 2.45) is 0 Å². The third-order valence-corrected chi connectivity index (χ3v) is 6.48. The van der Waals surface area contributed by atoms with Crippen LogP contribution in [0.15, 0.2) is 62.2 Å². The Kier molecular flexibility index (Phi) is 5.14. The molecule has 11 heteroatoms. The fourth-order valence-electron chi connectivity index (χ4n) is 3.39. The van der Waals surface area contributed by atoms with Crippen LogP contribution in [0.4, 0.5) is 14.5 Å². The van der Waals surface area contributed by atoms with Crippen LogP contribution in [0.5, 0.6) is 0 Å². The first kappa shape index (κ1) is 21.1. The van der Waals surface area contributed by atoms with Gasteiger partial charge in [0.1, 0.15) is 28.4 Å². The van der Waals surface area contributed by atoms with Gasteiger partial charge in [0, 0.05) is 29.6 Å². The third kappa shape index (κ3) is 3.72. The van der Waals surface area contributed by atoms with Crippen LogP contribution in [0, 0.1) is 25.5 Å². The number of nitrogens with one attached hydrogen (secondary N) is 3. The van der Waals surface area contributed by atoms with Crippen LogP contribution in [0.3, 0.4) is 0 Å². The molecule has 0 saturated heterocycles. The highest BCUT2D eigenvalue weighted by molar-refractivity contribution is 7.92. The molecule has 3 N–H and O–H groups in total. The van der Waals surface area contributed by atoms with Crippen molar-refractivity contribution in [3.63, 3.8) is 0 Å². The summed E-state index contributed by atoms with van der Waals surface area (Å²) in [7, 11) is -4.24. The molecular formula is C20H16ClF2N3O4S. The largest absolute Gasteiger partial charge is 0.465 e. The van der Waals surface area contributed by atoms with Gasteiger partial charge in [-0.05, 0) is 32.1 Å². The third-order valence-electron chi connectivity index (χ3n) is 4.79. The second-order valence-electron chi connectivity index (χ2n) is 6.95. The Morgan fingerprint density at radius 1 is 1.19 bits per heavy atom. The van der Waals surface area contributed by atoms with Gasteiger partial charge in [-0.2, -0.15) is 0 Å². The molecule has 1 aromatic heterocycles. The number of ketones is 1. The summed E-state index contributed by atoms with van der Waals surface area (Å²) in [6, 6.07) is 3.01. The molecule has 0 bridgehead atoms. The molecule has 31 heavy (non-hydrogen) atoms. The van der Waals surface area contributed by atoms with Gasteiger partial charge in [-0.15, -0.1) is 0 Å². The van der Waals surface area contributed by atoms with Crippen LogP contribution < -0.4 is 15.4 Å². The van der Waals surface area contributed by atoms with Gasteiger partial charge < -0.3 is 15.1 Å². The number of furan rings is 1. The number of sulfonamides is 1. The smallest absolute Gasteiger partial charge is 0.265 e. The molecule has 2 aromatic rings. The van der Waals surface area contributed by atoms with E-state index in [1.54, 1.807) is 6.92 Å². The molecule has 1 aromatic carbocycles. The number of carbonyl (C=O) groups is 1. The van der Waals surface area contributed by atoms with E-state index >= 15 is 4.39 Å². The number of rotatable bonds is 5. The van der Waals surface area contributed by atoms with Gasteiger partial charge in [-0.1, -0.05) is 11.6 Å². The number of benzene rings is 1. The van der Waals surface area contributed by atoms with Crippen molar-refractivity contribution in [1.82, 2.24) is 10.6 Å². The summed E-state index contributed by atoms with van der Waals surface area (Å²) in [4.78, 5) is 12.8. The Bertz CT molecular complexity index is 1310. The quantitative estimate of drug-likeness (QED) is 0.581. The fraction of sp³-hybridized carbons (Fsp3) is 0.150. The van der Waals surface area contributed by atoms with E-state index in [1.807, 2.05) is 0 Å². The average molecular weight is 468 g/mol. The summed E-state index contributed by atoms with van der Waals surface area (Å²) in [6.07, 6.45) is 3.86. The second-order valence-corrected chi connectivity index (χ2v) is 9.04. The van der Waals surface area contributed by atoms with Gasteiger partial charge in [0.25, 0.3) is 10.0 Å². The first-order chi connectivity index (χ1) is 14.6. The van der Waals surface area contributed by atoms with E-state index in [-0.39, 0.29) is 16.2 Å². The summed E-state index contributed by atoms with van der Waals surface area (Å²) < 4.78 is 62.2. The number of carbonyl (C=O) groups excluding carboxylic acids is 1. The maximum atomic E-state index is 15.2. The number of allylic oxidation sites excluding steroid dienone is 2. The highest BCUT2D eigenvalue weighted by Gasteiger charge is 2.33. The predicted octanol–water partition coefficient (Wildman–Crippen LogP) is 3.58. The lowest BCUT2D eigenvalue weighted by Crippen LogP contribution is -2.36. The molecule has 0 aliphatic carbocycles. The molecule has 2 aliphatic rings. The Morgan fingerprint density at radius 2 is 1.90 bits per heavy atom. The monoisotopic (exact) mass is 467 g/mol. The molecule has 0 amide bonds. The van der Waals surface area contributed by atoms with Crippen molar-refractivity contribution in [2.45, 2.75) is 24.9 Å².